The van der Waals surface area contributed by atoms with Crippen LogP contribution in [0.25, 0.3) is 0 Å². The van der Waals surface area contributed by atoms with Gasteiger partial charge in [0.25, 0.3) is 5.91 Å². The van der Waals surface area contributed by atoms with E-state index in [0.29, 0.717) is 18.5 Å². The number of hydrogen-bond acceptors (Lipinski definition) is 4. The molecule has 7 N–H and O–H groups in total. The first-order valence-corrected chi connectivity index (χ1v) is 9.92. The predicted octanol–water partition coefficient (Wildman–Crippen LogP) is 2.15. The van der Waals surface area contributed by atoms with Gasteiger partial charge in [0.2, 0.25) is 0 Å². The van der Waals surface area contributed by atoms with E-state index in [9.17, 15) is 27.9 Å². The van der Waals surface area contributed by atoms with Crippen molar-refractivity contribution in [2.75, 3.05) is 6.54 Å². The molecule has 0 aliphatic carbocycles. The molecule has 0 saturated heterocycles. The van der Waals surface area contributed by atoms with Crippen molar-refractivity contribution in [3.63, 3.8) is 0 Å². The molecule has 0 spiro atoms. The minimum Gasteiger partial charge on any atom is -0.480 e. The van der Waals surface area contributed by atoms with Gasteiger partial charge in [-0.1, -0.05) is 42.5 Å². The molecule has 0 unspecified atom stereocenters. The van der Waals surface area contributed by atoms with Gasteiger partial charge in [-0.2, -0.15) is 13.2 Å². The zero-order valence-electron chi connectivity index (χ0n) is 18.0. The Morgan fingerprint density at radius 3 is 1.94 bits per heavy atom. The van der Waals surface area contributed by atoms with Crippen molar-refractivity contribution in [3.05, 3.63) is 71.3 Å². The van der Waals surface area contributed by atoms with Gasteiger partial charge in [-0.15, -0.1) is 0 Å². The van der Waals surface area contributed by atoms with Crippen LogP contribution in [0.3, 0.4) is 0 Å². The highest BCUT2D eigenvalue weighted by Crippen LogP contribution is 2.13. The van der Waals surface area contributed by atoms with Gasteiger partial charge in [0.05, 0.1) is 0 Å². The molecular weight excluding hydrogens is 457 g/mol. The zero-order chi connectivity index (χ0) is 25.7. The van der Waals surface area contributed by atoms with Gasteiger partial charge in [0.15, 0.2) is 5.96 Å². The number of nitrogens with one attached hydrogen (secondary N) is 1. The van der Waals surface area contributed by atoms with E-state index >= 15 is 0 Å². The minimum atomic E-state index is -5.08. The first kappa shape index (κ1) is 27.9. The molecule has 0 aliphatic rings. The predicted molar refractivity (Wildman–Crippen MR) is 118 cm³/mol. The van der Waals surface area contributed by atoms with Crippen LogP contribution in [0.15, 0.2) is 59.6 Å². The van der Waals surface area contributed by atoms with E-state index in [0.717, 1.165) is 12.0 Å². The number of aliphatic imine (C=N–C) groups is 1. The van der Waals surface area contributed by atoms with Crippen LogP contribution in [0.5, 0.6) is 0 Å². The molecule has 1 amide bonds. The Balaban J connectivity index is 0.000000718. The minimum absolute atomic E-state index is 0.0403. The van der Waals surface area contributed by atoms with Crippen molar-refractivity contribution in [1.82, 2.24) is 5.32 Å². The van der Waals surface area contributed by atoms with Crippen LogP contribution in [-0.2, 0) is 16.0 Å². The maximum absolute atomic E-state index is 12.3. The first-order chi connectivity index (χ1) is 15.9. The van der Waals surface area contributed by atoms with Crippen LogP contribution in [-0.4, -0.2) is 52.8 Å². The van der Waals surface area contributed by atoms with Crippen LogP contribution in [0, 0.1) is 0 Å². The van der Waals surface area contributed by atoms with Gasteiger partial charge in [-0.05, 0) is 42.5 Å². The first-order valence-electron chi connectivity index (χ1n) is 9.92. The van der Waals surface area contributed by atoms with Crippen molar-refractivity contribution in [3.8, 4) is 0 Å². The lowest BCUT2D eigenvalue weighted by atomic mass is 10.0. The number of nitrogens with zero attached hydrogens (tertiary/aromatic N) is 1. The molecule has 12 heteroatoms. The average molecular weight is 482 g/mol. The lowest BCUT2D eigenvalue weighted by Gasteiger charge is -2.14. The molecule has 34 heavy (non-hydrogen) atoms. The van der Waals surface area contributed by atoms with E-state index < -0.39 is 30.1 Å². The number of alkyl halides is 3. The number of nitrogens with two attached hydrogens (primary N) is 2. The number of carboxylic acids is 2. The lowest BCUT2D eigenvalue weighted by molar-refractivity contribution is -0.192. The quantitative estimate of drug-likeness (QED) is 0.207. The van der Waals surface area contributed by atoms with Crippen LogP contribution < -0.4 is 16.8 Å². The lowest BCUT2D eigenvalue weighted by Crippen LogP contribution is -2.40. The summed E-state index contributed by atoms with van der Waals surface area (Å²) in [5, 5.41) is 19.0. The molecule has 2 rings (SSSR count). The van der Waals surface area contributed by atoms with Gasteiger partial charge in [-0.25, -0.2) is 9.59 Å². The van der Waals surface area contributed by atoms with E-state index in [1.807, 2.05) is 42.5 Å². The third kappa shape index (κ3) is 11.0. The second-order valence-corrected chi connectivity index (χ2v) is 6.98. The van der Waals surface area contributed by atoms with Crippen molar-refractivity contribution in [2.24, 2.45) is 16.5 Å². The summed E-state index contributed by atoms with van der Waals surface area (Å²) in [5.74, 6) is -4.31. The van der Waals surface area contributed by atoms with E-state index in [4.69, 9.17) is 21.4 Å². The Morgan fingerprint density at radius 1 is 0.941 bits per heavy atom. The molecule has 9 nitrogen and oxygen atoms in total. The van der Waals surface area contributed by atoms with E-state index in [1.165, 1.54) is 5.56 Å². The fourth-order valence-electron chi connectivity index (χ4n) is 2.61. The van der Waals surface area contributed by atoms with Crippen LogP contribution in [0.1, 0.15) is 34.3 Å². The summed E-state index contributed by atoms with van der Waals surface area (Å²) in [7, 11) is 0. The van der Waals surface area contributed by atoms with Crippen molar-refractivity contribution in [2.45, 2.75) is 31.5 Å². The largest absolute Gasteiger partial charge is 0.490 e. The highest BCUT2D eigenvalue weighted by Gasteiger charge is 2.38. The number of rotatable bonds is 9. The number of carboxylic acid groups (broad SMARTS) is 2. The number of halogens is 3. The molecule has 0 heterocycles. The number of benzene rings is 2. The zero-order valence-corrected chi connectivity index (χ0v) is 18.0. The van der Waals surface area contributed by atoms with E-state index in [2.05, 4.69) is 10.3 Å². The van der Waals surface area contributed by atoms with E-state index in [-0.39, 0.29) is 12.4 Å². The molecule has 1 atom stereocenters. The molecule has 0 saturated carbocycles. The van der Waals surface area contributed by atoms with Gasteiger partial charge in [-0.3, -0.25) is 9.79 Å². The molecule has 2 aromatic rings. The van der Waals surface area contributed by atoms with Gasteiger partial charge in [0, 0.05) is 12.1 Å². The Labute approximate surface area is 193 Å². The normalized spacial score (nSPS) is 11.4. The molecule has 184 valence electrons. The van der Waals surface area contributed by atoms with Gasteiger partial charge in [0.1, 0.15) is 6.04 Å². The Bertz CT molecular complexity index is 976. The number of hydrogen-bond donors (Lipinski definition) is 5. The SMILES string of the molecule is NC(N)=NCCC[C@H](NC(=O)c1ccc(Cc2ccccc2)cc1)C(=O)O.O=C(O)C(F)(F)F. The summed E-state index contributed by atoms with van der Waals surface area (Å²) in [6, 6.07) is 16.2. The van der Waals surface area contributed by atoms with Crippen LogP contribution >= 0.6 is 0 Å². The monoisotopic (exact) mass is 482 g/mol. The van der Waals surface area contributed by atoms with Crippen LogP contribution in [0.4, 0.5) is 13.2 Å². The van der Waals surface area contributed by atoms with Crippen molar-refractivity contribution < 1.29 is 37.8 Å². The van der Waals surface area contributed by atoms with Crippen LogP contribution in [0.2, 0.25) is 0 Å². The summed E-state index contributed by atoms with van der Waals surface area (Å²) in [5.41, 5.74) is 13.1. The topological polar surface area (TPSA) is 168 Å². The fraction of sp³-hybridized carbons (Fsp3) is 0.273. The van der Waals surface area contributed by atoms with Gasteiger partial charge >= 0.3 is 18.1 Å². The molecule has 0 aromatic heterocycles. The highest BCUT2D eigenvalue weighted by atomic mass is 19.4. The Hall–Kier alpha value is -4.09. The number of carbonyl (C=O) groups is 3. The summed E-state index contributed by atoms with van der Waals surface area (Å²) >= 11 is 0. The second kappa shape index (κ2) is 13.5. The number of carbonyl (C=O) groups excluding carboxylic acids is 1. The number of aliphatic carboxylic acids is 2. The Kier molecular flexibility index (Phi) is 11.1. The smallest absolute Gasteiger partial charge is 0.480 e. The maximum Gasteiger partial charge on any atom is 0.490 e. The standard InChI is InChI=1S/C20H24N4O3.C2HF3O2/c21-20(22)23-12-4-7-17(19(26)27)24-18(25)16-10-8-15(9-11-16)13-14-5-2-1-3-6-14;3-2(4,5)1(6)7/h1-3,5-6,8-11,17H,4,7,12-13H2,(H,24,25)(H,26,27)(H4,21,22,23);(H,6,7)/t17-;/m0./s1. The van der Waals surface area contributed by atoms with Crippen molar-refractivity contribution in [1.29, 1.82) is 0 Å². The van der Waals surface area contributed by atoms with Crippen molar-refractivity contribution >= 4 is 23.8 Å². The average Bonchev–Trinajstić information content (AvgIpc) is 2.76. The molecule has 0 fully saturated rings. The maximum atomic E-state index is 12.3. The molecular formula is C22H25F3N4O5. The number of amides is 1. The third-order valence-electron chi connectivity index (χ3n) is 4.26. The summed E-state index contributed by atoms with van der Waals surface area (Å²) in [6.07, 6.45) is -3.62. The fourth-order valence-corrected chi connectivity index (χ4v) is 2.61. The molecule has 0 aliphatic heterocycles. The summed E-state index contributed by atoms with van der Waals surface area (Å²) in [6.45, 7) is 0.316. The summed E-state index contributed by atoms with van der Waals surface area (Å²) in [4.78, 5) is 36.4. The Morgan fingerprint density at radius 2 is 1.47 bits per heavy atom. The molecule has 0 radical (unpaired) electrons. The molecule has 0 bridgehead atoms. The molecule has 2 aromatic carbocycles. The second-order valence-electron chi connectivity index (χ2n) is 6.98. The van der Waals surface area contributed by atoms with E-state index in [1.54, 1.807) is 12.1 Å². The third-order valence-corrected chi connectivity index (χ3v) is 4.26. The highest BCUT2D eigenvalue weighted by molar-refractivity contribution is 5.96. The number of guanidine groups is 1. The summed E-state index contributed by atoms with van der Waals surface area (Å²) < 4.78 is 31.7. The van der Waals surface area contributed by atoms with Gasteiger partial charge < -0.3 is 27.0 Å².